The molecule has 138 valence electrons. The van der Waals surface area contributed by atoms with Crippen LogP contribution in [0.3, 0.4) is 0 Å². The summed E-state index contributed by atoms with van der Waals surface area (Å²) in [6.45, 7) is 16.8. The lowest BCUT2D eigenvalue weighted by molar-refractivity contribution is 0.144. The highest BCUT2D eigenvalue weighted by atomic mass is 31.2. The van der Waals surface area contributed by atoms with Crippen molar-refractivity contribution in [3.05, 3.63) is 0 Å². The molecule has 0 spiro atoms. The molecule has 0 unspecified atom stereocenters. The van der Waals surface area contributed by atoms with Gasteiger partial charge in [0, 0.05) is 52.4 Å². The lowest BCUT2D eigenvalue weighted by atomic mass is 10.3. The van der Waals surface area contributed by atoms with Gasteiger partial charge in [-0.25, -0.2) is 0 Å². The van der Waals surface area contributed by atoms with Gasteiger partial charge in [-0.2, -0.15) is 0 Å². The molecule has 0 saturated carbocycles. The molecule has 0 aliphatic carbocycles. The van der Waals surface area contributed by atoms with E-state index in [1.807, 2.05) is 4.90 Å². The Morgan fingerprint density at radius 1 is 0.652 bits per heavy atom. The van der Waals surface area contributed by atoms with Crippen LogP contribution in [0.2, 0.25) is 0 Å². The predicted molar refractivity (Wildman–Crippen MR) is 94.8 cm³/mol. The van der Waals surface area contributed by atoms with Crippen LogP contribution in [0.25, 0.3) is 0 Å². The highest BCUT2D eigenvalue weighted by Gasteiger charge is 2.21. The fourth-order valence-electron chi connectivity index (χ4n) is 2.93. The molecular weight excluding hydrogens is 315 g/mol. The molecule has 1 fully saturated rings. The third kappa shape index (κ3) is 9.15. The zero-order valence-corrected chi connectivity index (χ0v) is 15.9. The van der Waals surface area contributed by atoms with Gasteiger partial charge in [-0.3, -0.25) is 9.46 Å². The fraction of sp³-hybridized carbons (Fsp3) is 1.00. The summed E-state index contributed by atoms with van der Waals surface area (Å²) in [5, 5.41) is 0. The Labute approximate surface area is 141 Å². The van der Waals surface area contributed by atoms with E-state index in [-0.39, 0.29) is 6.29 Å². The van der Waals surface area contributed by atoms with E-state index in [1.54, 1.807) is 0 Å². The van der Waals surface area contributed by atoms with Crippen molar-refractivity contribution in [2.24, 2.45) is 0 Å². The van der Waals surface area contributed by atoms with Gasteiger partial charge in [-0.15, -0.1) is 0 Å². The van der Waals surface area contributed by atoms with Gasteiger partial charge >= 0.3 is 7.60 Å². The van der Waals surface area contributed by atoms with Crippen molar-refractivity contribution in [3.63, 3.8) is 0 Å². The molecule has 1 rings (SSSR count). The lowest BCUT2D eigenvalue weighted by Gasteiger charge is -2.33. The minimum absolute atomic E-state index is 0.136. The highest BCUT2D eigenvalue weighted by Crippen LogP contribution is 2.34. The maximum atomic E-state index is 11.4. The Morgan fingerprint density at radius 3 is 1.13 bits per heavy atom. The fourth-order valence-corrected chi connectivity index (χ4v) is 3.73. The molecule has 0 aromatic heterocycles. The van der Waals surface area contributed by atoms with Crippen LogP contribution in [0.4, 0.5) is 0 Å². The summed E-state index contributed by atoms with van der Waals surface area (Å²) in [5.41, 5.74) is 0. The molecule has 0 radical (unpaired) electrons. The monoisotopic (exact) mass is 350 g/mol. The Hall–Kier alpha value is -0.0100. The summed E-state index contributed by atoms with van der Waals surface area (Å²) in [7, 11) is -4.00. The van der Waals surface area contributed by atoms with Gasteiger partial charge in [-0.05, 0) is 19.6 Å². The van der Waals surface area contributed by atoms with Gasteiger partial charge in [-0.1, -0.05) is 20.8 Å². The summed E-state index contributed by atoms with van der Waals surface area (Å²) < 4.78 is 11.4. The first-order valence-electron chi connectivity index (χ1n) is 8.81. The quantitative estimate of drug-likeness (QED) is 0.696. The van der Waals surface area contributed by atoms with Crippen LogP contribution in [0.15, 0.2) is 0 Å². The zero-order valence-electron chi connectivity index (χ0n) is 15.0. The van der Waals surface area contributed by atoms with E-state index in [9.17, 15) is 14.4 Å². The number of hydrogen-bond acceptors (Lipinski definition) is 5. The van der Waals surface area contributed by atoms with Crippen LogP contribution in [0, 0.1) is 0 Å². The average molecular weight is 350 g/mol. The highest BCUT2D eigenvalue weighted by molar-refractivity contribution is 7.51. The number of hydrogen-bond donors (Lipinski definition) is 2. The molecule has 0 amide bonds. The maximum Gasteiger partial charge on any atom is 0.339 e. The van der Waals surface area contributed by atoms with Crippen LogP contribution >= 0.6 is 7.60 Å². The van der Waals surface area contributed by atoms with E-state index in [0.717, 1.165) is 58.9 Å². The average Bonchev–Trinajstić information content (AvgIpc) is 2.49. The van der Waals surface area contributed by atoms with Gasteiger partial charge in [0.25, 0.3) is 0 Å². The molecule has 0 atom stereocenters. The van der Waals surface area contributed by atoms with Gasteiger partial charge < -0.3 is 24.5 Å². The van der Waals surface area contributed by atoms with Crippen molar-refractivity contribution in [2.45, 2.75) is 20.8 Å². The normalized spacial score (nSPS) is 22.7. The van der Waals surface area contributed by atoms with Crippen LogP contribution in [-0.2, 0) is 4.57 Å². The minimum atomic E-state index is -4.00. The van der Waals surface area contributed by atoms with E-state index in [2.05, 4.69) is 35.5 Å². The summed E-state index contributed by atoms with van der Waals surface area (Å²) in [4.78, 5) is 27.8. The van der Waals surface area contributed by atoms with Crippen molar-refractivity contribution in [1.82, 2.24) is 19.6 Å². The van der Waals surface area contributed by atoms with Crippen molar-refractivity contribution in [3.8, 4) is 0 Å². The van der Waals surface area contributed by atoms with Gasteiger partial charge in [0.2, 0.25) is 0 Å². The number of likely N-dealkylation sites (N-methyl/N-ethyl adjacent to an activating group) is 3. The maximum absolute atomic E-state index is 11.4. The number of rotatable bonds is 5. The minimum Gasteiger partial charge on any atom is -0.324 e. The molecule has 0 bridgehead atoms. The molecule has 0 aromatic carbocycles. The topological polar surface area (TPSA) is 70.5 Å². The van der Waals surface area contributed by atoms with E-state index >= 15 is 0 Å². The standard InChI is InChI=1S/C15H35N4O3P/c1-4-16-7-9-17(5-2)11-13-19(15-23(20,21)22)14-12-18(6-3)10-8-16/h4-15H2,1-3H3,(H2,20,21,22). The lowest BCUT2D eigenvalue weighted by Crippen LogP contribution is -2.45. The second kappa shape index (κ2) is 10.8. The first kappa shape index (κ1) is 21.0. The summed E-state index contributed by atoms with van der Waals surface area (Å²) in [5.74, 6) is 0. The Balaban J connectivity index is 2.71. The zero-order chi connectivity index (χ0) is 17.3. The van der Waals surface area contributed by atoms with Crippen molar-refractivity contribution >= 4 is 7.60 Å². The molecule has 8 heteroatoms. The second-order valence-corrected chi connectivity index (χ2v) is 7.84. The molecule has 1 heterocycles. The first-order valence-corrected chi connectivity index (χ1v) is 10.6. The molecule has 1 saturated heterocycles. The van der Waals surface area contributed by atoms with Crippen molar-refractivity contribution in [1.29, 1.82) is 0 Å². The predicted octanol–water partition coefficient (Wildman–Crippen LogP) is 0.403. The summed E-state index contributed by atoms with van der Waals surface area (Å²) >= 11 is 0. The smallest absolute Gasteiger partial charge is 0.324 e. The largest absolute Gasteiger partial charge is 0.339 e. The van der Waals surface area contributed by atoms with Crippen molar-refractivity contribution in [2.75, 3.05) is 78.3 Å². The van der Waals surface area contributed by atoms with Crippen molar-refractivity contribution < 1.29 is 14.4 Å². The van der Waals surface area contributed by atoms with E-state index < -0.39 is 7.60 Å². The van der Waals surface area contributed by atoms with E-state index in [1.165, 1.54) is 0 Å². The van der Waals surface area contributed by atoms with Gasteiger partial charge in [0.15, 0.2) is 0 Å². The molecule has 23 heavy (non-hydrogen) atoms. The third-order valence-corrected chi connectivity index (χ3v) is 5.42. The molecule has 2 N–H and O–H groups in total. The van der Waals surface area contributed by atoms with Crippen LogP contribution in [-0.4, -0.2) is 108 Å². The molecule has 1 aliphatic heterocycles. The third-order valence-electron chi connectivity index (χ3n) is 4.66. The first-order chi connectivity index (χ1) is 10.9. The van der Waals surface area contributed by atoms with Crippen LogP contribution in [0.5, 0.6) is 0 Å². The van der Waals surface area contributed by atoms with Gasteiger partial charge in [0.1, 0.15) is 6.29 Å². The van der Waals surface area contributed by atoms with E-state index in [0.29, 0.717) is 13.1 Å². The number of nitrogens with zero attached hydrogens (tertiary/aromatic N) is 4. The Kier molecular flexibility index (Phi) is 9.85. The molecule has 0 aromatic rings. The van der Waals surface area contributed by atoms with E-state index in [4.69, 9.17) is 0 Å². The second-order valence-electron chi connectivity index (χ2n) is 6.23. The molecular formula is C15H35N4O3P. The Morgan fingerprint density at radius 2 is 0.913 bits per heavy atom. The Bertz CT molecular complexity index is 347. The van der Waals surface area contributed by atoms with Gasteiger partial charge in [0.05, 0.1) is 0 Å². The SMILES string of the molecule is CCN1CCN(CC)CCN(CP(=O)(O)O)CCN(CC)CC1. The summed E-state index contributed by atoms with van der Waals surface area (Å²) in [6.07, 6.45) is -0.136. The molecule has 7 nitrogen and oxygen atoms in total. The molecule has 1 aliphatic rings. The summed E-state index contributed by atoms with van der Waals surface area (Å²) in [6, 6.07) is 0. The van der Waals surface area contributed by atoms with Crippen LogP contribution < -0.4 is 0 Å². The van der Waals surface area contributed by atoms with Crippen LogP contribution in [0.1, 0.15) is 20.8 Å².